The Bertz CT molecular complexity index is 629. The van der Waals surface area contributed by atoms with Gasteiger partial charge in [-0.3, -0.25) is 0 Å². The molecule has 0 unspecified atom stereocenters. The summed E-state index contributed by atoms with van der Waals surface area (Å²) in [5.74, 6) is 0.929. The minimum absolute atomic E-state index is 0.527. The van der Waals surface area contributed by atoms with Crippen molar-refractivity contribution < 1.29 is 4.74 Å². The van der Waals surface area contributed by atoms with Gasteiger partial charge in [-0.05, 0) is 56.4 Å². The summed E-state index contributed by atoms with van der Waals surface area (Å²) in [6, 6.07) is 16.0. The molecule has 0 amide bonds. The van der Waals surface area contributed by atoms with Crippen molar-refractivity contribution in [2.45, 2.75) is 33.4 Å². The molecule has 0 saturated heterocycles. The molecular weight excluding hydrogens is 332 g/mol. The standard InChI is InChI=1S/C21H29ClN2O/c1-3-24(4-2)14-8-13-23-16-19-10-5-6-12-21(19)25-17-18-9-7-11-20(22)15-18/h5-7,9-12,15,23H,3-4,8,13-14,16-17H2,1-2H3. The zero-order chi connectivity index (χ0) is 17.9. The Morgan fingerprint density at radius 2 is 1.84 bits per heavy atom. The second kappa shape index (κ2) is 11.1. The van der Waals surface area contributed by atoms with E-state index in [1.54, 1.807) is 0 Å². The first-order valence-electron chi connectivity index (χ1n) is 9.11. The minimum Gasteiger partial charge on any atom is -0.489 e. The molecule has 1 N–H and O–H groups in total. The maximum atomic E-state index is 6.03. The fourth-order valence-corrected chi connectivity index (χ4v) is 2.98. The van der Waals surface area contributed by atoms with Crippen LogP contribution in [0.15, 0.2) is 48.5 Å². The van der Waals surface area contributed by atoms with Crippen LogP contribution in [-0.4, -0.2) is 31.1 Å². The summed E-state index contributed by atoms with van der Waals surface area (Å²) in [6.07, 6.45) is 1.16. The largest absolute Gasteiger partial charge is 0.489 e. The van der Waals surface area contributed by atoms with Gasteiger partial charge in [0, 0.05) is 17.1 Å². The first-order chi connectivity index (χ1) is 12.2. The van der Waals surface area contributed by atoms with Gasteiger partial charge in [-0.15, -0.1) is 0 Å². The summed E-state index contributed by atoms with van der Waals surface area (Å²) in [4.78, 5) is 2.45. The highest BCUT2D eigenvalue weighted by molar-refractivity contribution is 6.30. The van der Waals surface area contributed by atoms with Gasteiger partial charge in [0.05, 0.1) is 0 Å². The second-order valence-electron chi connectivity index (χ2n) is 6.08. The third-order valence-electron chi connectivity index (χ3n) is 4.29. The third kappa shape index (κ3) is 7.07. The molecule has 25 heavy (non-hydrogen) atoms. The number of hydrogen-bond acceptors (Lipinski definition) is 3. The minimum atomic E-state index is 0.527. The Morgan fingerprint density at radius 1 is 1.04 bits per heavy atom. The lowest BCUT2D eigenvalue weighted by atomic mass is 10.2. The summed E-state index contributed by atoms with van der Waals surface area (Å²) >= 11 is 6.03. The molecule has 2 rings (SSSR count). The summed E-state index contributed by atoms with van der Waals surface area (Å²) in [6.45, 7) is 10.2. The van der Waals surface area contributed by atoms with Gasteiger partial charge in [-0.1, -0.05) is 55.8 Å². The van der Waals surface area contributed by atoms with Crippen molar-refractivity contribution >= 4 is 11.6 Å². The number of benzene rings is 2. The van der Waals surface area contributed by atoms with E-state index in [2.05, 4.69) is 36.2 Å². The van der Waals surface area contributed by atoms with Gasteiger partial charge < -0.3 is 15.0 Å². The van der Waals surface area contributed by atoms with Gasteiger partial charge in [-0.25, -0.2) is 0 Å². The molecule has 2 aromatic carbocycles. The molecule has 0 radical (unpaired) electrons. The van der Waals surface area contributed by atoms with E-state index in [-0.39, 0.29) is 0 Å². The Kier molecular flexibility index (Phi) is 8.81. The molecule has 0 atom stereocenters. The predicted molar refractivity (Wildman–Crippen MR) is 106 cm³/mol. The van der Waals surface area contributed by atoms with E-state index in [4.69, 9.17) is 16.3 Å². The molecule has 0 bridgehead atoms. The molecule has 0 aromatic heterocycles. The van der Waals surface area contributed by atoms with Gasteiger partial charge >= 0.3 is 0 Å². The van der Waals surface area contributed by atoms with E-state index in [1.807, 2.05) is 36.4 Å². The Morgan fingerprint density at radius 3 is 2.60 bits per heavy atom. The van der Waals surface area contributed by atoms with Gasteiger partial charge in [0.2, 0.25) is 0 Å². The number of ether oxygens (including phenoxy) is 1. The molecule has 136 valence electrons. The average Bonchev–Trinajstić information content (AvgIpc) is 2.64. The van der Waals surface area contributed by atoms with Crippen LogP contribution < -0.4 is 10.1 Å². The van der Waals surface area contributed by atoms with E-state index < -0.39 is 0 Å². The summed E-state index contributed by atoms with van der Waals surface area (Å²) in [7, 11) is 0. The Balaban J connectivity index is 1.79. The van der Waals surface area contributed by atoms with Gasteiger partial charge in [0.25, 0.3) is 0 Å². The quantitative estimate of drug-likeness (QED) is 0.586. The lowest BCUT2D eigenvalue weighted by Gasteiger charge is -2.18. The van der Waals surface area contributed by atoms with Crippen LogP contribution in [0.5, 0.6) is 5.75 Å². The van der Waals surface area contributed by atoms with Gasteiger partial charge in [-0.2, -0.15) is 0 Å². The Labute approximate surface area is 156 Å². The molecular formula is C21H29ClN2O. The second-order valence-corrected chi connectivity index (χ2v) is 6.52. The molecule has 0 heterocycles. The highest BCUT2D eigenvalue weighted by Crippen LogP contribution is 2.20. The zero-order valence-corrected chi connectivity index (χ0v) is 16.1. The van der Waals surface area contributed by atoms with Crippen LogP contribution in [0.2, 0.25) is 5.02 Å². The van der Waals surface area contributed by atoms with Crippen LogP contribution in [0.1, 0.15) is 31.4 Å². The molecule has 4 heteroatoms. The van der Waals surface area contributed by atoms with Crippen LogP contribution >= 0.6 is 11.6 Å². The fourth-order valence-electron chi connectivity index (χ4n) is 2.77. The smallest absolute Gasteiger partial charge is 0.124 e. The van der Waals surface area contributed by atoms with Crippen molar-refractivity contribution in [3.63, 3.8) is 0 Å². The van der Waals surface area contributed by atoms with Crippen LogP contribution in [0.3, 0.4) is 0 Å². The fraction of sp³-hybridized carbons (Fsp3) is 0.429. The van der Waals surface area contributed by atoms with Crippen molar-refractivity contribution in [2.24, 2.45) is 0 Å². The lowest BCUT2D eigenvalue weighted by molar-refractivity contribution is 0.295. The van der Waals surface area contributed by atoms with E-state index in [1.165, 1.54) is 5.56 Å². The highest BCUT2D eigenvalue weighted by Gasteiger charge is 2.04. The van der Waals surface area contributed by atoms with E-state index in [0.29, 0.717) is 6.61 Å². The third-order valence-corrected chi connectivity index (χ3v) is 4.53. The monoisotopic (exact) mass is 360 g/mol. The number of halogens is 1. The molecule has 0 spiro atoms. The number of hydrogen-bond donors (Lipinski definition) is 1. The molecule has 0 aliphatic heterocycles. The molecule has 2 aromatic rings. The topological polar surface area (TPSA) is 24.5 Å². The zero-order valence-electron chi connectivity index (χ0n) is 15.3. The van der Waals surface area contributed by atoms with Crippen molar-refractivity contribution in [3.05, 3.63) is 64.7 Å². The van der Waals surface area contributed by atoms with Crippen molar-refractivity contribution in [1.29, 1.82) is 0 Å². The Hall–Kier alpha value is -1.55. The summed E-state index contributed by atoms with van der Waals surface area (Å²) in [5, 5.41) is 4.27. The van der Waals surface area contributed by atoms with Gasteiger partial charge in [0.1, 0.15) is 12.4 Å². The molecule has 3 nitrogen and oxygen atoms in total. The maximum Gasteiger partial charge on any atom is 0.124 e. The molecule has 0 fully saturated rings. The number of nitrogens with zero attached hydrogens (tertiary/aromatic N) is 1. The van der Waals surface area contributed by atoms with Crippen molar-refractivity contribution in [1.82, 2.24) is 10.2 Å². The van der Waals surface area contributed by atoms with Crippen LogP contribution in [-0.2, 0) is 13.2 Å². The number of nitrogens with one attached hydrogen (secondary N) is 1. The first-order valence-corrected chi connectivity index (χ1v) is 9.49. The van der Waals surface area contributed by atoms with E-state index in [9.17, 15) is 0 Å². The van der Waals surface area contributed by atoms with E-state index in [0.717, 1.165) is 55.5 Å². The number of rotatable bonds is 11. The van der Waals surface area contributed by atoms with Crippen LogP contribution in [0, 0.1) is 0 Å². The average molecular weight is 361 g/mol. The van der Waals surface area contributed by atoms with Crippen LogP contribution in [0.25, 0.3) is 0 Å². The van der Waals surface area contributed by atoms with Gasteiger partial charge in [0.15, 0.2) is 0 Å². The highest BCUT2D eigenvalue weighted by atomic mass is 35.5. The lowest BCUT2D eigenvalue weighted by Crippen LogP contribution is -2.27. The van der Waals surface area contributed by atoms with Crippen molar-refractivity contribution in [3.8, 4) is 5.75 Å². The van der Waals surface area contributed by atoms with Crippen LogP contribution in [0.4, 0.5) is 0 Å². The maximum absolute atomic E-state index is 6.03. The normalized spacial score (nSPS) is 11.0. The first kappa shape index (κ1) is 19.8. The summed E-state index contributed by atoms with van der Waals surface area (Å²) < 4.78 is 6.00. The van der Waals surface area contributed by atoms with E-state index >= 15 is 0 Å². The molecule has 0 aliphatic rings. The predicted octanol–water partition coefficient (Wildman–Crippen LogP) is 4.74. The molecule has 0 aliphatic carbocycles. The number of para-hydroxylation sites is 1. The SMILES string of the molecule is CCN(CC)CCCNCc1ccccc1OCc1cccc(Cl)c1. The van der Waals surface area contributed by atoms with Crippen molar-refractivity contribution in [2.75, 3.05) is 26.2 Å². The summed E-state index contributed by atoms with van der Waals surface area (Å²) in [5.41, 5.74) is 2.27. The molecule has 0 saturated carbocycles.